The fraction of sp³-hybridized carbons (Fsp3) is 0.375. The molecule has 2 aromatic carbocycles. The van der Waals surface area contributed by atoms with Gasteiger partial charge in [0.1, 0.15) is 30.3 Å². The average molecular weight is 730 g/mol. The lowest BCUT2D eigenvalue weighted by atomic mass is 9.75. The molecule has 2 aromatic heterocycles. The van der Waals surface area contributed by atoms with Crippen molar-refractivity contribution in [3.8, 4) is 17.1 Å². The molecule has 3 amide bonds. The van der Waals surface area contributed by atoms with Crippen LogP contribution in [0.4, 0.5) is 22.8 Å². The van der Waals surface area contributed by atoms with E-state index in [1.165, 1.54) is 41.9 Å². The average Bonchev–Trinajstić information content (AvgIpc) is 3.39. The van der Waals surface area contributed by atoms with Gasteiger partial charge in [-0.1, -0.05) is 67.9 Å². The highest BCUT2D eigenvalue weighted by atomic mass is 35.5. The topological polar surface area (TPSA) is 190 Å². The summed E-state index contributed by atoms with van der Waals surface area (Å²) in [6.45, 7) is 4.94. The lowest BCUT2D eigenvalue weighted by molar-refractivity contribution is -0.164. The van der Waals surface area contributed by atoms with Gasteiger partial charge in [-0.05, 0) is 47.9 Å². The smallest absolute Gasteiger partial charge is 0.434 e. The number of nitrogens with zero attached hydrogens (tertiary/aromatic N) is 7. The second kappa shape index (κ2) is 13.0. The van der Waals surface area contributed by atoms with Crippen molar-refractivity contribution in [1.29, 1.82) is 0 Å². The highest BCUT2D eigenvalue weighted by Crippen LogP contribution is 2.49. The third-order valence-electron chi connectivity index (χ3n) is 8.47. The normalized spacial score (nSPS) is 19.9. The summed E-state index contributed by atoms with van der Waals surface area (Å²) >= 11 is 6.48. The number of carbonyl (C=O) groups excluding carboxylic acids is 2. The Morgan fingerprint density at radius 1 is 1.18 bits per heavy atom. The van der Waals surface area contributed by atoms with Crippen LogP contribution < -0.4 is 10.6 Å². The van der Waals surface area contributed by atoms with Crippen molar-refractivity contribution < 1.29 is 41.9 Å². The number of rotatable bonds is 9. The molecule has 1 saturated heterocycles. The Labute approximate surface area is 292 Å². The maximum absolute atomic E-state index is 15.0. The second-order valence-electron chi connectivity index (χ2n) is 13.4. The van der Waals surface area contributed by atoms with E-state index < -0.39 is 59.4 Å². The van der Waals surface area contributed by atoms with E-state index in [2.05, 4.69) is 30.5 Å². The highest BCUT2D eigenvalue weighted by Gasteiger charge is 2.64. The number of benzene rings is 2. The fourth-order valence-electron chi connectivity index (χ4n) is 6.04. The number of aromatic nitrogens is 5. The van der Waals surface area contributed by atoms with E-state index in [9.17, 15) is 27.9 Å². The zero-order valence-electron chi connectivity index (χ0n) is 27.3. The van der Waals surface area contributed by atoms with Crippen LogP contribution in [0.15, 0.2) is 71.0 Å². The lowest BCUT2D eigenvalue weighted by Gasteiger charge is -2.35. The van der Waals surface area contributed by atoms with Crippen LogP contribution in [0, 0.1) is 5.41 Å². The van der Waals surface area contributed by atoms with Crippen LogP contribution in [0.2, 0.25) is 5.02 Å². The molecule has 1 saturated carbocycles. The van der Waals surface area contributed by atoms with Crippen molar-refractivity contribution in [3.63, 3.8) is 0 Å². The standard InChI is InChI=1S/C32H31ClF3N9O6/c1-29(2,3)14-31(20-7-4-18(5-8-20)24-38-17-51-43-24)25(46)45(26(41-31)40-27(47)48)23(13-50-28(49)42-30(10-11-30)32(34,35)36)19-6-9-21(33)22(12-19)44-16-37-15-39-44/h4-9,12,15-17,23H,10-11,13-14H2,1-3H3,(H,40,41)(H,42,49)(H,47,48)/t23-,31-/m1/s1. The van der Waals surface area contributed by atoms with Crippen molar-refractivity contribution in [2.75, 3.05) is 6.61 Å². The molecular formula is C32H31ClF3N9O6. The Balaban J connectivity index is 1.45. The van der Waals surface area contributed by atoms with Gasteiger partial charge in [0, 0.05) is 5.56 Å². The van der Waals surface area contributed by atoms with Gasteiger partial charge in [-0.2, -0.15) is 23.3 Å². The minimum Gasteiger partial charge on any atom is -0.463 e. The first-order valence-corrected chi connectivity index (χ1v) is 15.9. The number of carbonyl (C=O) groups is 3. The predicted octanol–water partition coefficient (Wildman–Crippen LogP) is 5.63. The van der Waals surface area contributed by atoms with Crippen molar-refractivity contribution in [1.82, 2.24) is 40.4 Å². The summed E-state index contributed by atoms with van der Waals surface area (Å²) in [6.07, 6.45) is -4.47. The van der Waals surface area contributed by atoms with Crippen LogP contribution in [0.1, 0.15) is 57.2 Å². The molecule has 0 unspecified atom stereocenters. The summed E-state index contributed by atoms with van der Waals surface area (Å²) in [5.41, 5.74) is -3.05. The third-order valence-corrected chi connectivity index (χ3v) is 8.79. The summed E-state index contributed by atoms with van der Waals surface area (Å²) in [7, 11) is 0. The monoisotopic (exact) mass is 729 g/mol. The van der Waals surface area contributed by atoms with E-state index in [0.29, 0.717) is 22.6 Å². The molecular weight excluding hydrogens is 699 g/mol. The van der Waals surface area contributed by atoms with Gasteiger partial charge in [0.2, 0.25) is 18.2 Å². The lowest BCUT2D eigenvalue weighted by Crippen LogP contribution is -2.49. The third kappa shape index (κ3) is 7.08. The fourth-order valence-corrected chi connectivity index (χ4v) is 6.24. The Morgan fingerprint density at radius 3 is 2.47 bits per heavy atom. The molecule has 19 heteroatoms. The maximum atomic E-state index is 15.0. The van der Waals surface area contributed by atoms with E-state index in [0.717, 1.165) is 4.90 Å². The summed E-state index contributed by atoms with van der Waals surface area (Å²) in [5, 5.41) is 23.0. The van der Waals surface area contributed by atoms with E-state index in [-0.39, 0.29) is 29.8 Å². The molecule has 3 N–H and O–H groups in total. The molecule has 51 heavy (non-hydrogen) atoms. The number of amides is 3. The maximum Gasteiger partial charge on any atom is 0.434 e. The van der Waals surface area contributed by atoms with E-state index >= 15 is 4.79 Å². The number of aliphatic imine (C=N–C) groups is 1. The molecule has 0 radical (unpaired) electrons. The number of nitrogens with one attached hydrogen (secondary N) is 2. The number of carboxylic acid groups (broad SMARTS) is 1. The summed E-state index contributed by atoms with van der Waals surface area (Å²) in [5.74, 6) is -0.782. The van der Waals surface area contributed by atoms with Gasteiger partial charge in [-0.15, -0.1) is 4.99 Å². The van der Waals surface area contributed by atoms with Crippen LogP contribution in [0.3, 0.4) is 0 Å². The Morgan fingerprint density at radius 2 is 1.90 bits per heavy atom. The molecule has 268 valence electrons. The van der Waals surface area contributed by atoms with Crippen molar-refractivity contribution in [2.45, 2.75) is 63.3 Å². The first kappa shape index (κ1) is 35.3. The summed E-state index contributed by atoms with van der Waals surface area (Å²) < 4.78 is 52.5. The summed E-state index contributed by atoms with van der Waals surface area (Å²) in [6, 6.07) is 9.79. The van der Waals surface area contributed by atoms with Gasteiger partial charge >= 0.3 is 18.4 Å². The number of alkyl halides is 3. The van der Waals surface area contributed by atoms with Gasteiger partial charge < -0.3 is 25.0 Å². The van der Waals surface area contributed by atoms with Crippen LogP contribution in [-0.2, 0) is 15.1 Å². The van der Waals surface area contributed by atoms with Gasteiger partial charge in [-0.3, -0.25) is 9.69 Å². The number of hydrogen-bond donors (Lipinski definition) is 3. The van der Waals surface area contributed by atoms with Crippen molar-refractivity contribution in [3.05, 3.63) is 77.7 Å². The van der Waals surface area contributed by atoms with E-state index in [1.54, 1.807) is 24.3 Å². The summed E-state index contributed by atoms with van der Waals surface area (Å²) in [4.78, 5) is 52.7. The van der Waals surface area contributed by atoms with Gasteiger partial charge in [0.05, 0.1) is 16.8 Å². The van der Waals surface area contributed by atoms with E-state index in [1.807, 2.05) is 26.1 Å². The molecule has 2 fully saturated rings. The van der Waals surface area contributed by atoms with E-state index in [4.69, 9.17) is 20.9 Å². The Hall–Kier alpha value is -5.52. The molecule has 6 rings (SSSR count). The van der Waals surface area contributed by atoms with Gasteiger partial charge in [0.25, 0.3) is 5.91 Å². The molecule has 1 aliphatic carbocycles. The number of halogens is 4. The molecule has 1 aliphatic heterocycles. The predicted molar refractivity (Wildman–Crippen MR) is 173 cm³/mol. The SMILES string of the molecule is CC(C)(C)C[C@]1(c2ccc(-c3ncon3)cc2)N/C(=N\C(=O)O)N([C@H](COC(=O)NC2(C(F)(F)F)CC2)c2ccc(Cl)c(-n3cncn3)c2)C1=O. The van der Waals surface area contributed by atoms with Crippen LogP contribution in [0.5, 0.6) is 0 Å². The van der Waals surface area contributed by atoms with Crippen LogP contribution in [0.25, 0.3) is 17.1 Å². The zero-order valence-corrected chi connectivity index (χ0v) is 28.1. The van der Waals surface area contributed by atoms with Gasteiger partial charge in [0.15, 0.2) is 0 Å². The first-order valence-electron chi connectivity index (χ1n) is 15.5. The molecule has 15 nitrogen and oxygen atoms in total. The zero-order chi connectivity index (χ0) is 36.8. The van der Waals surface area contributed by atoms with Crippen molar-refractivity contribution in [2.24, 2.45) is 10.4 Å². The molecule has 0 spiro atoms. The molecule has 2 atom stereocenters. The first-order chi connectivity index (χ1) is 24.0. The second-order valence-corrected chi connectivity index (χ2v) is 13.8. The van der Waals surface area contributed by atoms with Crippen LogP contribution in [-0.4, -0.2) is 77.3 Å². The minimum atomic E-state index is -4.71. The minimum absolute atomic E-state index is 0.114. The molecule has 0 bridgehead atoms. The number of guanidine groups is 1. The number of hydrogen-bond acceptors (Lipinski definition) is 9. The molecule has 4 aromatic rings. The Kier molecular flexibility index (Phi) is 8.99. The highest BCUT2D eigenvalue weighted by molar-refractivity contribution is 6.32. The molecule has 3 heterocycles. The largest absolute Gasteiger partial charge is 0.463 e. The number of ether oxygens (including phenoxy) is 1. The van der Waals surface area contributed by atoms with Gasteiger partial charge in [-0.25, -0.2) is 19.3 Å². The quantitative estimate of drug-likeness (QED) is 0.194. The van der Waals surface area contributed by atoms with Crippen molar-refractivity contribution >= 4 is 35.7 Å². The number of alkyl carbamates (subject to hydrolysis) is 1. The Bertz CT molecular complexity index is 1960. The van der Waals surface area contributed by atoms with Crippen LogP contribution >= 0.6 is 11.6 Å². The molecule has 2 aliphatic rings.